The van der Waals surface area contributed by atoms with Gasteiger partial charge >= 0.3 is 6.03 Å². The minimum Gasteiger partial charge on any atom is -0.394 e. The normalized spacial score (nSPS) is 18.6. The fourth-order valence-corrected chi connectivity index (χ4v) is 3.22. The van der Waals surface area contributed by atoms with Crippen LogP contribution >= 0.6 is 0 Å². The van der Waals surface area contributed by atoms with Gasteiger partial charge in [-0.2, -0.15) is 0 Å². The fraction of sp³-hybridized carbons (Fsp3) is 0.444. The highest BCUT2D eigenvalue weighted by Crippen LogP contribution is 2.20. The monoisotopic (exact) mass is 328 g/mol. The molecule has 6 heteroatoms. The first-order valence-electron chi connectivity index (χ1n) is 8.38. The van der Waals surface area contributed by atoms with Crippen molar-refractivity contribution in [2.75, 3.05) is 13.2 Å². The number of carbonyl (C=O) groups is 1. The third-order valence-corrected chi connectivity index (χ3v) is 4.69. The first-order valence-corrected chi connectivity index (χ1v) is 8.38. The number of hydrogen-bond acceptors (Lipinski definition) is 3. The molecule has 0 saturated carbocycles. The lowest BCUT2D eigenvalue weighted by Gasteiger charge is -2.25. The van der Waals surface area contributed by atoms with E-state index in [4.69, 9.17) is 0 Å². The molecule has 24 heavy (non-hydrogen) atoms. The van der Waals surface area contributed by atoms with Gasteiger partial charge in [0.25, 0.3) is 0 Å². The number of hydrogen-bond donors (Lipinski definition) is 2. The molecule has 0 radical (unpaired) electrons. The summed E-state index contributed by atoms with van der Waals surface area (Å²) in [5.74, 6) is 0.938. The van der Waals surface area contributed by atoms with E-state index < -0.39 is 0 Å². The number of imidazole rings is 1. The summed E-state index contributed by atoms with van der Waals surface area (Å²) >= 11 is 0. The first kappa shape index (κ1) is 16.5. The molecular formula is C18H24N4O2. The summed E-state index contributed by atoms with van der Waals surface area (Å²) in [5, 5.41) is 12.4. The van der Waals surface area contributed by atoms with Crippen molar-refractivity contribution in [2.24, 2.45) is 0 Å². The summed E-state index contributed by atoms with van der Waals surface area (Å²) in [5.41, 5.74) is 2.09. The molecular weight excluding hydrogens is 304 g/mol. The first-order chi connectivity index (χ1) is 11.6. The van der Waals surface area contributed by atoms with Crippen LogP contribution in [-0.2, 0) is 0 Å². The average molecular weight is 328 g/mol. The topological polar surface area (TPSA) is 70.4 Å². The maximum Gasteiger partial charge on any atom is 0.318 e. The summed E-state index contributed by atoms with van der Waals surface area (Å²) < 4.78 is 2.02. The lowest BCUT2D eigenvalue weighted by Crippen LogP contribution is -2.44. The van der Waals surface area contributed by atoms with Crippen LogP contribution in [0.25, 0.3) is 5.69 Å². The van der Waals surface area contributed by atoms with Gasteiger partial charge in [-0.25, -0.2) is 9.78 Å². The quantitative estimate of drug-likeness (QED) is 0.905. The van der Waals surface area contributed by atoms with Crippen LogP contribution < -0.4 is 5.32 Å². The van der Waals surface area contributed by atoms with E-state index in [0.717, 1.165) is 29.9 Å². The van der Waals surface area contributed by atoms with Crippen LogP contribution in [-0.4, -0.2) is 44.8 Å². The zero-order valence-electron chi connectivity index (χ0n) is 14.1. The Morgan fingerprint density at radius 3 is 2.79 bits per heavy atom. The zero-order valence-corrected chi connectivity index (χ0v) is 14.1. The molecule has 1 aromatic carbocycles. The lowest BCUT2D eigenvalue weighted by atomic mass is 10.1. The number of aryl methyl sites for hydroxylation is 1. The number of nitrogens with one attached hydrogen (secondary N) is 1. The van der Waals surface area contributed by atoms with Crippen molar-refractivity contribution in [1.29, 1.82) is 0 Å². The Kier molecular flexibility index (Phi) is 4.85. The van der Waals surface area contributed by atoms with Gasteiger partial charge in [0.05, 0.1) is 18.7 Å². The Hall–Kier alpha value is -2.34. The Labute approximate surface area is 142 Å². The highest BCUT2D eigenvalue weighted by atomic mass is 16.3. The van der Waals surface area contributed by atoms with Crippen molar-refractivity contribution < 1.29 is 9.90 Å². The van der Waals surface area contributed by atoms with Gasteiger partial charge in [0.1, 0.15) is 5.82 Å². The van der Waals surface area contributed by atoms with Gasteiger partial charge in [0.2, 0.25) is 0 Å². The summed E-state index contributed by atoms with van der Waals surface area (Å²) in [4.78, 5) is 18.4. The molecule has 6 nitrogen and oxygen atoms in total. The number of rotatable bonds is 4. The molecule has 2 amide bonds. The van der Waals surface area contributed by atoms with Crippen LogP contribution in [0.1, 0.15) is 37.2 Å². The maximum absolute atomic E-state index is 12.4. The summed E-state index contributed by atoms with van der Waals surface area (Å²) in [6.45, 7) is 4.67. The van der Waals surface area contributed by atoms with Crippen molar-refractivity contribution in [2.45, 2.75) is 38.8 Å². The Balaban J connectivity index is 1.66. The number of aromatic nitrogens is 2. The number of urea groups is 1. The van der Waals surface area contributed by atoms with Crippen LogP contribution in [0, 0.1) is 6.92 Å². The SMILES string of the molecule is Cc1nccn1-c1ccc([C@@H](C)NC(=O)N2CCC[C@H]2CO)cc1. The molecule has 2 heterocycles. The molecule has 1 saturated heterocycles. The molecule has 0 unspecified atom stereocenters. The fourth-order valence-electron chi connectivity index (χ4n) is 3.22. The minimum atomic E-state index is -0.103. The van der Waals surface area contributed by atoms with E-state index in [0.29, 0.717) is 6.54 Å². The highest BCUT2D eigenvalue weighted by molar-refractivity contribution is 5.75. The Morgan fingerprint density at radius 2 is 2.17 bits per heavy atom. The highest BCUT2D eigenvalue weighted by Gasteiger charge is 2.28. The van der Waals surface area contributed by atoms with Crippen molar-refractivity contribution in [3.05, 3.63) is 48.0 Å². The molecule has 0 aliphatic carbocycles. The third-order valence-electron chi connectivity index (χ3n) is 4.69. The number of likely N-dealkylation sites (tertiary alicyclic amines) is 1. The molecule has 0 bridgehead atoms. The van der Waals surface area contributed by atoms with E-state index in [2.05, 4.69) is 10.3 Å². The number of benzene rings is 1. The van der Waals surface area contributed by atoms with Crippen LogP contribution in [0.15, 0.2) is 36.7 Å². The van der Waals surface area contributed by atoms with Gasteiger partial charge in [-0.15, -0.1) is 0 Å². The van der Waals surface area contributed by atoms with E-state index in [1.165, 1.54) is 0 Å². The van der Waals surface area contributed by atoms with Crippen LogP contribution in [0.4, 0.5) is 4.79 Å². The van der Waals surface area contributed by atoms with E-state index in [1.807, 2.05) is 48.9 Å². The summed E-state index contributed by atoms with van der Waals surface area (Å²) in [6, 6.07) is 7.85. The molecule has 2 N–H and O–H groups in total. The second kappa shape index (κ2) is 7.05. The number of nitrogens with zero attached hydrogens (tertiary/aromatic N) is 3. The number of aliphatic hydroxyl groups excluding tert-OH is 1. The van der Waals surface area contributed by atoms with Crippen molar-refractivity contribution >= 4 is 6.03 Å². The molecule has 1 aromatic heterocycles. The summed E-state index contributed by atoms with van der Waals surface area (Å²) in [7, 11) is 0. The van der Waals surface area contributed by atoms with Crippen LogP contribution in [0.3, 0.4) is 0 Å². The number of carbonyl (C=O) groups excluding carboxylic acids is 1. The average Bonchev–Trinajstić information content (AvgIpc) is 3.23. The predicted molar refractivity (Wildman–Crippen MR) is 92.1 cm³/mol. The molecule has 3 rings (SSSR count). The van der Waals surface area contributed by atoms with Gasteiger partial charge in [0, 0.05) is 24.6 Å². The minimum absolute atomic E-state index is 0.0285. The molecule has 0 spiro atoms. The summed E-state index contributed by atoms with van der Waals surface area (Å²) in [6.07, 6.45) is 5.53. The van der Waals surface area contributed by atoms with E-state index >= 15 is 0 Å². The number of amides is 2. The largest absolute Gasteiger partial charge is 0.394 e. The Morgan fingerprint density at radius 1 is 1.42 bits per heavy atom. The van der Waals surface area contributed by atoms with Crippen molar-refractivity contribution in [3.8, 4) is 5.69 Å². The molecule has 2 aromatic rings. The van der Waals surface area contributed by atoms with E-state index in [9.17, 15) is 9.90 Å². The van der Waals surface area contributed by atoms with Crippen molar-refractivity contribution in [1.82, 2.24) is 19.8 Å². The molecule has 2 atom stereocenters. The smallest absolute Gasteiger partial charge is 0.318 e. The molecule has 1 aliphatic heterocycles. The van der Waals surface area contributed by atoms with Crippen LogP contribution in [0.2, 0.25) is 0 Å². The molecule has 128 valence electrons. The number of aliphatic hydroxyl groups is 1. The second-order valence-electron chi connectivity index (χ2n) is 6.28. The van der Waals surface area contributed by atoms with Gasteiger partial charge in [0.15, 0.2) is 0 Å². The van der Waals surface area contributed by atoms with Gasteiger partial charge in [-0.1, -0.05) is 12.1 Å². The zero-order chi connectivity index (χ0) is 17.1. The maximum atomic E-state index is 12.4. The second-order valence-corrected chi connectivity index (χ2v) is 6.28. The standard InChI is InChI=1S/C18H24N4O2/c1-13(20-18(24)22-10-3-4-17(22)12-23)15-5-7-16(8-6-15)21-11-9-19-14(21)2/h5-9,11,13,17,23H,3-4,10,12H2,1-2H3,(H,20,24)/t13-,17+/m1/s1. The Bertz CT molecular complexity index is 695. The van der Waals surface area contributed by atoms with Gasteiger partial charge < -0.3 is 19.9 Å². The predicted octanol–water partition coefficient (Wildman–Crippen LogP) is 2.41. The molecule has 1 aliphatic rings. The molecule has 1 fully saturated rings. The van der Waals surface area contributed by atoms with E-state index in [1.54, 1.807) is 11.1 Å². The van der Waals surface area contributed by atoms with Crippen LogP contribution in [0.5, 0.6) is 0 Å². The lowest BCUT2D eigenvalue weighted by molar-refractivity contribution is 0.155. The van der Waals surface area contributed by atoms with Crippen molar-refractivity contribution in [3.63, 3.8) is 0 Å². The van der Waals surface area contributed by atoms with Gasteiger partial charge in [-0.3, -0.25) is 0 Å². The van der Waals surface area contributed by atoms with Gasteiger partial charge in [-0.05, 0) is 44.4 Å². The van der Waals surface area contributed by atoms with E-state index in [-0.39, 0.29) is 24.7 Å². The third kappa shape index (κ3) is 3.28.